The molecule has 0 bridgehead atoms. The first-order valence-corrected chi connectivity index (χ1v) is 12.2. The van der Waals surface area contributed by atoms with Gasteiger partial charge < -0.3 is 9.64 Å². The Labute approximate surface area is 201 Å². The third-order valence-corrected chi connectivity index (χ3v) is 6.41. The van der Waals surface area contributed by atoms with Crippen LogP contribution in [0.3, 0.4) is 0 Å². The summed E-state index contributed by atoms with van der Waals surface area (Å²) in [6.45, 7) is 5.20. The van der Waals surface area contributed by atoms with E-state index >= 15 is 0 Å². The van der Waals surface area contributed by atoms with E-state index < -0.39 is 0 Å². The maximum atomic E-state index is 13.9. The first-order valence-electron chi connectivity index (χ1n) is 12.2. The summed E-state index contributed by atoms with van der Waals surface area (Å²) in [6, 6.07) is 19.7. The zero-order chi connectivity index (χ0) is 23.9. The van der Waals surface area contributed by atoms with Gasteiger partial charge in [0.1, 0.15) is 5.82 Å². The molecule has 4 rings (SSSR count). The lowest BCUT2D eigenvalue weighted by Gasteiger charge is -2.30. The van der Waals surface area contributed by atoms with Crippen molar-refractivity contribution in [3.05, 3.63) is 99.2 Å². The van der Waals surface area contributed by atoms with Crippen LogP contribution in [0.1, 0.15) is 66.9 Å². The average molecular weight is 460 g/mol. The minimum atomic E-state index is -0.351. The summed E-state index contributed by atoms with van der Waals surface area (Å²) in [5.41, 5.74) is 3.29. The highest BCUT2D eigenvalue weighted by Gasteiger charge is 2.29. The van der Waals surface area contributed by atoms with Crippen LogP contribution >= 0.6 is 0 Å². The van der Waals surface area contributed by atoms with E-state index in [1.165, 1.54) is 0 Å². The average Bonchev–Trinajstić information content (AvgIpc) is 2.87. The van der Waals surface area contributed by atoms with Crippen molar-refractivity contribution in [2.24, 2.45) is 0 Å². The lowest BCUT2D eigenvalue weighted by atomic mass is 9.97. The highest BCUT2D eigenvalue weighted by atomic mass is 16.6. The molecule has 0 radical (unpaired) electrons. The summed E-state index contributed by atoms with van der Waals surface area (Å²) in [5, 5.41) is 0. The molecule has 0 saturated heterocycles. The van der Waals surface area contributed by atoms with E-state index in [4.69, 9.17) is 9.72 Å². The fourth-order valence-corrected chi connectivity index (χ4v) is 4.61. The number of nitrogens with zero attached hydrogens (tertiary/aromatic N) is 3. The van der Waals surface area contributed by atoms with E-state index in [1.54, 1.807) is 9.47 Å². The van der Waals surface area contributed by atoms with Crippen LogP contribution in [0.4, 0.5) is 4.79 Å². The number of benzene rings is 2. The number of carbonyl (C=O) groups excluding carboxylic acids is 1. The zero-order valence-corrected chi connectivity index (χ0v) is 20.1. The van der Waals surface area contributed by atoms with Crippen molar-refractivity contribution >= 4 is 6.09 Å². The molecular weight excluding hydrogens is 426 g/mol. The number of aryl methyl sites for hydroxylation is 1. The quantitative estimate of drug-likeness (QED) is 0.431. The Morgan fingerprint density at radius 1 is 1.00 bits per heavy atom. The Balaban J connectivity index is 1.64. The van der Waals surface area contributed by atoms with Gasteiger partial charge in [-0.2, -0.15) is 0 Å². The minimum absolute atomic E-state index is 0.0966. The molecule has 2 heterocycles. The molecule has 1 aliphatic rings. The monoisotopic (exact) mass is 459 g/mol. The fraction of sp³-hybridized carbons (Fsp3) is 0.393. The van der Waals surface area contributed by atoms with Crippen molar-refractivity contribution in [1.29, 1.82) is 0 Å². The van der Waals surface area contributed by atoms with Crippen LogP contribution in [0.25, 0.3) is 0 Å². The van der Waals surface area contributed by atoms with Gasteiger partial charge in [0.25, 0.3) is 5.56 Å². The van der Waals surface area contributed by atoms with Gasteiger partial charge in [-0.15, -0.1) is 0 Å². The van der Waals surface area contributed by atoms with Crippen LogP contribution < -0.4 is 5.56 Å². The number of hydrogen-bond donors (Lipinski definition) is 0. The number of unbranched alkanes of at least 4 members (excludes halogenated alkanes) is 3. The molecule has 1 aromatic heterocycles. The summed E-state index contributed by atoms with van der Waals surface area (Å²) < 4.78 is 7.25. The van der Waals surface area contributed by atoms with Gasteiger partial charge in [0.05, 0.1) is 30.5 Å². The molecule has 3 aromatic rings. The summed E-state index contributed by atoms with van der Waals surface area (Å²) in [4.78, 5) is 33.0. The van der Waals surface area contributed by atoms with Gasteiger partial charge in [-0.3, -0.25) is 9.36 Å². The third-order valence-electron chi connectivity index (χ3n) is 6.41. The second-order valence-corrected chi connectivity index (χ2v) is 8.83. The minimum Gasteiger partial charge on any atom is -0.449 e. The molecule has 0 spiro atoms. The molecule has 0 N–H and O–H groups in total. The molecule has 6 nitrogen and oxygen atoms in total. The smallest absolute Gasteiger partial charge is 0.410 e. The van der Waals surface area contributed by atoms with Crippen LogP contribution in [0.2, 0.25) is 0 Å². The lowest BCUT2D eigenvalue weighted by molar-refractivity contribution is 0.0955. The van der Waals surface area contributed by atoms with E-state index in [1.807, 2.05) is 67.6 Å². The van der Waals surface area contributed by atoms with Gasteiger partial charge in [0, 0.05) is 13.0 Å². The molecule has 6 heteroatoms. The molecule has 2 aromatic carbocycles. The molecular formula is C28H33N3O3. The van der Waals surface area contributed by atoms with Crippen LogP contribution in [-0.4, -0.2) is 33.7 Å². The maximum Gasteiger partial charge on any atom is 0.410 e. The van der Waals surface area contributed by atoms with Crippen molar-refractivity contribution in [3.63, 3.8) is 0 Å². The number of aromatic nitrogens is 2. The highest BCUT2D eigenvalue weighted by molar-refractivity contribution is 5.68. The molecule has 1 aliphatic heterocycles. The molecule has 0 fully saturated rings. The topological polar surface area (TPSA) is 64.4 Å². The number of fused-ring (bicyclic) bond motifs is 1. The van der Waals surface area contributed by atoms with Gasteiger partial charge in [-0.1, -0.05) is 86.8 Å². The Kier molecular flexibility index (Phi) is 7.78. The first-order chi connectivity index (χ1) is 16.6. The predicted octanol–water partition coefficient (Wildman–Crippen LogP) is 5.26. The van der Waals surface area contributed by atoms with Crippen molar-refractivity contribution in [3.8, 4) is 0 Å². The van der Waals surface area contributed by atoms with Crippen molar-refractivity contribution in [2.75, 3.05) is 13.2 Å². The highest BCUT2D eigenvalue weighted by Crippen LogP contribution is 2.27. The number of hydrogen-bond acceptors (Lipinski definition) is 4. The lowest BCUT2D eigenvalue weighted by Crippen LogP contribution is -2.42. The summed E-state index contributed by atoms with van der Waals surface area (Å²) in [7, 11) is 0. The summed E-state index contributed by atoms with van der Waals surface area (Å²) in [6.07, 6.45) is 4.41. The predicted molar refractivity (Wildman–Crippen MR) is 133 cm³/mol. The standard InChI is InChI=1S/C28H33N3O3/c1-3-4-5-12-19-34-28(33)30-18-17-25-24(20-30)27(32)31(21(2)29-25)26(22-13-8-6-9-14-22)23-15-10-7-11-16-23/h6-11,13-16,26H,3-5,12,17-20H2,1-2H3. The Morgan fingerprint density at radius 3 is 2.26 bits per heavy atom. The van der Waals surface area contributed by atoms with Gasteiger partial charge >= 0.3 is 6.09 Å². The largest absolute Gasteiger partial charge is 0.449 e. The third kappa shape index (κ3) is 5.22. The van der Waals surface area contributed by atoms with Crippen molar-refractivity contribution in [2.45, 2.75) is 58.5 Å². The molecule has 34 heavy (non-hydrogen) atoms. The van der Waals surface area contributed by atoms with Crippen LogP contribution in [0, 0.1) is 6.92 Å². The van der Waals surface area contributed by atoms with Gasteiger partial charge in [-0.05, 0) is 24.5 Å². The van der Waals surface area contributed by atoms with Gasteiger partial charge in [-0.25, -0.2) is 9.78 Å². The zero-order valence-electron chi connectivity index (χ0n) is 20.1. The second kappa shape index (κ2) is 11.1. The van der Waals surface area contributed by atoms with E-state index in [0.717, 1.165) is 42.5 Å². The maximum absolute atomic E-state index is 13.9. The molecule has 0 unspecified atom stereocenters. The number of amides is 1. The van der Waals surface area contributed by atoms with Crippen LogP contribution in [-0.2, 0) is 17.7 Å². The summed E-state index contributed by atoms with van der Waals surface area (Å²) >= 11 is 0. The SMILES string of the molecule is CCCCCCOC(=O)N1CCc2nc(C)n(C(c3ccccc3)c3ccccc3)c(=O)c2C1. The van der Waals surface area contributed by atoms with E-state index in [-0.39, 0.29) is 24.2 Å². The van der Waals surface area contributed by atoms with E-state index in [2.05, 4.69) is 6.92 Å². The normalized spacial score (nSPS) is 13.1. The Bertz CT molecular complexity index is 1120. The Hall–Kier alpha value is -3.41. The molecule has 0 aliphatic carbocycles. The summed E-state index contributed by atoms with van der Waals surface area (Å²) in [5.74, 6) is 0.674. The van der Waals surface area contributed by atoms with Gasteiger partial charge in [0.2, 0.25) is 0 Å². The fourth-order valence-electron chi connectivity index (χ4n) is 4.61. The Morgan fingerprint density at radius 2 is 1.65 bits per heavy atom. The van der Waals surface area contributed by atoms with Crippen molar-refractivity contribution < 1.29 is 9.53 Å². The van der Waals surface area contributed by atoms with E-state index in [9.17, 15) is 9.59 Å². The number of carbonyl (C=O) groups is 1. The number of rotatable bonds is 8. The van der Waals surface area contributed by atoms with Crippen LogP contribution in [0.5, 0.6) is 0 Å². The molecule has 1 amide bonds. The van der Waals surface area contributed by atoms with E-state index in [0.29, 0.717) is 31.0 Å². The molecule has 178 valence electrons. The van der Waals surface area contributed by atoms with Crippen LogP contribution in [0.15, 0.2) is 65.5 Å². The molecule has 0 saturated carbocycles. The second-order valence-electron chi connectivity index (χ2n) is 8.83. The first kappa shape index (κ1) is 23.7. The van der Waals surface area contributed by atoms with Crippen molar-refractivity contribution in [1.82, 2.24) is 14.5 Å². The molecule has 0 atom stereocenters. The number of ether oxygens (including phenoxy) is 1. The van der Waals surface area contributed by atoms with Gasteiger partial charge in [0.15, 0.2) is 0 Å².